The molecule has 0 bridgehead atoms. The van der Waals surface area contributed by atoms with E-state index in [4.69, 9.17) is 0 Å². The first-order valence-electron chi connectivity index (χ1n) is 6.87. The lowest BCUT2D eigenvalue weighted by Gasteiger charge is -2.40. The first-order valence-corrected chi connectivity index (χ1v) is 6.87. The van der Waals surface area contributed by atoms with Crippen LogP contribution in [-0.4, -0.2) is 53.4 Å². The van der Waals surface area contributed by atoms with Crippen molar-refractivity contribution in [3.05, 3.63) is 30.1 Å². The third-order valence-corrected chi connectivity index (χ3v) is 3.67. The smallest absolute Gasteiger partial charge is 0.326 e. The van der Waals surface area contributed by atoms with Crippen LogP contribution >= 0.6 is 0 Å². The molecule has 2 amide bonds. The predicted molar refractivity (Wildman–Crippen MR) is 74.8 cm³/mol. The highest BCUT2D eigenvalue weighted by Gasteiger charge is 2.45. The number of hydrogen-bond donors (Lipinski definition) is 1. The quantitative estimate of drug-likeness (QED) is 0.776. The topological polar surface area (TPSA) is 73.0 Å². The predicted octanol–water partition coefficient (Wildman–Crippen LogP) is -0.306. The first kappa shape index (κ1) is 14.5. The van der Waals surface area contributed by atoms with Crippen molar-refractivity contribution in [1.29, 1.82) is 0 Å². The van der Waals surface area contributed by atoms with Gasteiger partial charge in [0, 0.05) is 18.8 Å². The number of benzene rings is 1. The molecule has 2 fully saturated rings. The van der Waals surface area contributed by atoms with Crippen LogP contribution in [0.3, 0.4) is 0 Å². The minimum absolute atomic E-state index is 0.174. The molecule has 1 aromatic carbocycles. The maximum atomic E-state index is 13.0. The molecule has 0 spiro atoms. The fourth-order valence-electron chi connectivity index (χ4n) is 2.66. The molecule has 2 saturated heterocycles. The molecule has 3 rings (SSSR count). The van der Waals surface area contributed by atoms with E-state index in [-0.39, 0.29) is 18.1 Å². The number of ketones is 1. The Kier molecular flexibility index (Phi) is 3.53. The van der Waals surface area contributed by atoms with Gasteiger partial charge in [-0.05, 0) is 31.2 Å². The molecule has 0 saturated carbocycles. The lowest BCUT2D eigenvalue weighted by molar-refractivity contribution is -0.163. The monoisotopic (exact) mass is 306 g/mol. The van der Waals surface area contributed by atoms with Crippen LogP contribution in [0, 0.1) is 5.82 Å². The summed E-state index contributed by atoms with van der Waals surface area (Å²) in [6.45, 7) is 2.06. The van der Waals surface area contributed by atoms with Gasteiger partial charge < -0.3 is 4.90 Å². The number of nitrogens with one attached hydrogen (secondary N) is 1. The molecule has 1 aromatic rings. The fraction of sp³-hybridized carbons (Fsp3) is 0.357. The van der Waals surface area contributed by atoms with Gasteiger partial charge >= 0.3 is 11.8 Å². The van der Waals surface area contributed by atoms with Gasteiger partial charge in [-0.3, -0.25) is 24.3 Å². The van der Waals surface area contributed by atoms with Crippen LogP contribution in [0.25, 0.3) is 0 Å². The summed E-state index contributed by atoms with van der Waals surface area (Å²) in [4.78, 5) is 38.6. The number of rotatable bonds is 3. The van der Waals surface area contributed by atoms with Gasteiger partial charge in [0.2, 0.25) is 0 Å². The first-order chi connectivity index (χ1) is 10.5. The van der Waals surface area contributed by atoms with Gasteiger partial charge in [0.1, 0.15) is 5.82 Å². The molecule has 1 unspecified atom stereocenters. The van der Waals surface area contributed by atoms with Crippen molar-refractivity contribution < 1.29 is 18.8 Å². The van der Waals surface area contributed by atoms with Gasteiger partial charge in [-0.15, -0.1) is 0 Å². The number of fused-ring (bicyclic) bond motifs is 1. The van der Waals surface area contributed by atoms with Crippen molar-refractivity contribution in [2.24, 2.45) is 0 Å². The molecule has 116 valence electrons. The van der Waals surface area contributed by atoms with E-state index in [1.165, 1.54) is 24.0 Å². The maximum absolute atomic E-state index is 13.0. The summed E-state index contributed by atoms with van der Waals surface area (Å²) in [5.74, 6) is -1.96. The Labute approximate surface area is 126 Å². The molecule has 8 heteroatoms. The number of nitrogens with zero attached hydrogens (tertiary/aromatic N) is 3. The van der Waals surface area contributed by atoms with Gasteiger partial charge in [-0.25, -0.2) is 4.39 Å². The largest absolute Gasteiger partial charge is 0.336 e. The molecular formula is C14H15FN4O3. The molecule has 22 heavy (non-hydrogen) atoms. The van der Waals surface area contributed by atoms with E-state index in [1.807, 2.05) is 4.90 Å². The molecule has 0 aliphatic carbocycles. The molecule has 1 N–H and O–H groups in total. The number of Topliss-reactive ketones (excluding diaryl/α,β-unsaturated/α-hetero) is 1. The molecule has 2 aliphatic heterocycles. The van der Waals surface area contributed by atoms with Crippen LogP contribution < -0.4 is 10.3 Å². The third kappa shape index (κ3) is 2.41. The van der Waals surface area contributed by atoms with Crippen LogP contribution in [0.4, 0.5) is 10.1 Å². The van der Waals surface area contributed by atoms with Gasteiger partial charge in [-0.2, -0.15) is 5.43 Å². The summed E-state index contributed by atoms with van der Waals surface area (Å²) in [7, 11) is 0. The van der Waals surface area contributed by atoms with E-state index in [1.54, 1.807) is 12.1 Å². The molecule has 0 aromatic heterocycles. The third-order valence-electron chi connectivity index (χ3n) is 3.67. The number of anilines is 1. The zero-order valence-corrected chi connectivity index (χ0v) is 12.0. The number of hydrazine groups is 1. The van der Waals surface area contributed by atoms with Gasteiger partial charge in [-0.1, -0.05) is 0 Å². The minimum atomic E-state index is -0.743. The van der Waals surface area contributed by atoms with Crippen molar-refractivity contribution in [3.8, 4) is 0 Å². The Hall–Kier alpha value is -2.48. The van der Waals surface area contributed by atoms with E-state index in [9.17, 15) is 18.8 Å². The highest BCUT2D eigenvalue weighted by Crippen LogP contribution is 2.25. The Morgan fingerprint density at radius 1 is 1.18 bits per heavy atom. The zero-order chi connectivity index (χ0) is 15.9. The highest BCUT2D eigenvalue weighted by molar-refractivity contribution is 6.35. The van der Waals surface area contributed by atoms with Crippen molar-refractivity contribution in [2.45, 2.75) is 13.2 Å². The van der Waals surface area contributed by atoms with Crippen LogP contribution in [-0.2, 0) is 14.4 Å². The second kappa shape index (κ2) is 5.38. The van der Waals surface area contributed by atoms with E-state index < -0.39 is 18.1 Å². The normalized spacial score (nSPS) is 21.4. The summed E-state index contributed by atoms with van der Waals surface area (Å²) in [6.07, 6.45) is -0.560. The summed E-state index contributed by atoms with van der Waals surface area (Å²) in [5, 5.41) is 1.04. The van der Waals surface area contributed by atoms with E-state index in [0.717, 1.165) is 10.7 Å². The van der Waals surface area contributed by atoms with Gasteiger partial charge in [0.05, 0.1) is 6.54 Å². The average Bonchev–Trinajstić information content (AvgIpc) is 2.88. The van der Waals surface area contributed by atoms with Crippen LogP contribution in [0.2, 0.25) is 0 Å². The Morgan fingerprint density at radius 2 is 1.82 bits per heavy atom. The van der Waals surface area contributed by atoms with Crippen molar-refractivity contribution in [3.63, 3.8) is 0 Å². The van der Waals surface area contributed by atoms with E-state index in [2.05, 4.69) is 5.43 Å². The number of hydrogen-bond acceptors (Lipinski definition) is 5. The Balaban J connectivity index is 1.85. The second-order valence-corrected chi connectivity index (χ2v) is 5.26. The van der Waals surface area contributed by atoms with Crippen LogP contribution in [0.1, 0.15) is 6.92 Å². The van der Waals surface area contributed by atoms with Crippen LogP contribution in [0.5, 0.6) is 0 Å². The van der Waals surface area contributed by atoms with E-state index in [0.29, 0.717) is 13.1 Å². The van der Waals surface area contributed by atoms with Crippen molar-refractivity contribution >= 4 is 23.3 Å². The number of halogens is 1. The zero-order valence-electron chi connectivity index (χ0n) is 12.0. The van der Waals surface area contributed by atoms with Crippen molar-refractivity contribution in [1.82, 2.24) is 15.3 Å². The second-order valence-electron chi connectivity index (χ2n) is 5.26. The molecular weight excluding hydrogens is 291 g/mol. The highest BCUT2D eigenvalue weighted by atomic mass is 19.1. The Morgan fingerprint density at radius 3 is 2.45 bits per heavy atom. The maximum Gasteiger partial charge on any atom is 0.326 e. The summed E-state index contributed by atoms with van der Waals surface area (Å²) < 4.78 is 13.0. The SMILES string of the molecule is CC(=O)CN1NC2N(CCN2c2ccc(F)cc2)C(=O)C1=O. The molecule has 1 atom stereocenters. The Bertz CT molecular complexity index is 633. The molecule has 2 aliphatic rings. The van der Waals surface area contributed by atoms with Crippen molar-refractivity contribution in [2.75, 3.05) is 24.5 Å². The number of amides is 2. The summed E-state index contributed by atoms with van der Waals surface area (Å²) >= 11 is 0. The molecule has 0 radical (unpaired) electrons. The number of carbonyl (C=O) groups excluding carboxylic acids is 3. The summed E-state index contributed by atoms with van der Waals surface area (Å²) in [6, 6.07) is 5.88. The average molecular weight is 306 g/mol. The fourth-order valence-corrected chi connectivity index (χ4v) is 2.66. The number of carbonyl (C=O) groups is 3. The molecule has 2 heterocycles. The summed E-state index contributed by atoms with van der Waals surface area (Å²) in [5.41, 5.74) is 3.62. The lowest BCUT2D eigenvalue weighted by atomic mass is 10.3. The standard InChI is InChI=1S/C14H15FN4O3/c1-9(20)8-19-13(22)12(21)18-7-6-17(14(18)16-19)11-4-2-10(15)3-5-11/h2-5,14,16H,6-8H2,1H3. The van der Waals surface area contributed by atoms with Crippen LogP contribution in [0.15, 0.2) is 24.3 Å². The van der Waals surface area contributed by atoms with Gasteiger partial charge in [0.15, 0.2) is 12.1 Å². The minimum Gasteiger partial charge on any atom is -0.336 e. The molecule has 7 nitrogen and oxygen atoms in total. The van der Waals surface area contributed by atoms with E-state index >= 15 is 0 Å². The van der Waals surface area contributed by atoms with Gasteiger partial charge in [0.25, 0.3) is 0 Å². The lowest BCUT2D eigenvalue weighted by Crippen LogP contribution is -2.68.